The number of amides is 1. The predicted octanol–water partition coefficient (Wildman–Crippen LogP) is 1.88. The molecule has 1 amide bonds. The average Bonchev–Trinajstić information content (AvgIpc) is 2.36. The van der Waals surface area contributed by atoms with Gasteiger partial charge in [-0.3, -0.25) is 4.79 Å². The third-order valence-electron chi connectivity index (χ3n) is 2.32. The molecule has 90 valence electrons. The number of nitriles is 1. The molecule has 0 saturated carbocycles. The van der Waals surface area contributed by atoms with Gasteiger partial charge < -0.3 is 10.6 Å². The maximum atomic E-state index is 11.6. The van der Waals surface area contributed by atoms with Crippen molar-refractivity contribution < 1.29 is 4.79 Å². The second kappa shape index (κ2) is 6.54. The first-order valence-corrected chi connectivity index (χ1v) is 5.71. The van der Waals surface area contributed by atoms with Crippen LogP contribution in [0.5, 0.6) is 0 Å². The Morgan fingerprint density at radius 3 is 2.94 bits per heavy atom. The summed E-state index contributed by atoms with van der Waals surface area (Å²) in [6.45, 7) is 4.49. The molecule has 1 aromatic carbocycles. The van der Waals surface area contributed by atoms with Gasteiger partial charge in [0.1, 0.15) is 6.04 Å². The Morgan fingerprint density at radius 2 is 2.29 bits per heavy atom. The Balaban J connectivity index is 2.58. The van der Waals surface area contributed by atoms with Crippen molar-refractivity contribution >= 4 is 11.6 Å². The fourth-order valence-electron chi connectivity index (χ4n) is 1.40. The fraction of sp³-hybridized carbons (Fsp3) is 0.385. The van der Waals surface area contributed by atoms with Crippen LogP contribution >= 0.6 is 0 Å². The molecule has 0 radical (unpaired) electrons. The minimum Gasteiger partial charge on any atom is -0.374 e. The van der Waals surface area contributed by atoms with Gasteiger partial charge in [-0.1, -0.05) is 13.0 Å². The second-order valence-corrected chi connectivity index (χ2v) is 3.85. The van der Waals surface area contributed by atoms with E-state index in [1.54, 1.807) is 25.1 Å². The number of nitrogens with zero attached hydrogens (tertiary/aromatic N) is 1. The molecule has 0 saturated heterocycles. The van der Waals surface area contributed by atoms with Gasteiger partial charge in [0, 0.05) is 12.2 Å². The van der Waals surface area contributed by atoms with Crippen LogP contribution in [0.2, 0.25) is 0 Å². The Hall–Kier alpha value is -2.02. The first kappa shape index (κ1) is 13.0. The van der Waals surface area contributed by atoms with E-state index in [0.717, 1.165) is 12.1 Å². The van der Waals surface area contributed by atoms with Crippen LogP contribution in [0, 0.1) is 11.3 Å². The van der Waals surface area contributed by atoms with Gasteiger partial charge in [0.15, 0.2) is 0 Å². The van der Waals surface area contributed by atoms with Crippen LogP contribution in [0.25, 0.3) is 0 Å². The zero-order chi connectivity index (χ0) is 12.7. The van der Waals surface area contributed by atoms with Gasteiger partial charge in [-0.05, 0) is 31.5 Å². The van der Waals surface area contributed by atoms with E-state index in [2.05, 4.69) is 16.7 Å². The molecule has 0 spiro atoms. The zero-order valence-corrected chi connectivity index (χ0v) is 10.2. The van der Waals surface area contributed by atoms with E-state index < -0.39 is 0 Å². The third-order valence-corrected chi connectivity index (χ3v) is 2.32. The molecule has 0 aliphatic rings. The molecule has 0 aliphatic carbocycles. The van der Waals surface area contributed by atoms with Crippen LogP contribution in [0.1, 0.15) is 25.8 Å². The third kappa shape index (κ3) is 4.15. The van der Waals surface area contributed by atoms with Gasteiger partial charge >= 0.3 is 0 Å². The molecule has 0 aliphatic heterocycles. The molecule has 1 rings (SSSR count). The Bertz CT molecular complexity index is 423. The van der Waals surface area contributed by atoms with Gasteiger partial charge in [0.05, 0.1) is 11.6 Å². The van der Waals surface area contributed by atoms with Gasteiger partial charge in [0.25, 0.3) is 0 Å². The van der Waals surface area contributed by atoms with Crippen LogP contribution < -0.4 is 10.6 Å². The van der Waals surface area contributed by atoms with E-state index in [0.29, 0.717) is 12.1 Å². The normalized spacial score (nSPS) is 11.4. The summed E-state index contributed by atoms with van der Waals surface area (Å²) in [6.07, 6.45) is 0.919. The van der Waals surface area contributed by atoms with Crippen molar-refractivity contribution in [3.05, 3.63) is 29.8 Å². The minimum atomic E-state index is -0.310. The molecule has 0 fully saturated rings. The molecule has 2 N–H and O–H groups in total. The highest BCUT2D eigenvalue weighted by Gasteiger charge is 2.11. The number of anilines is 1. The highest BCUT2D eigenvalue weighted by molar-refractivity contribution is 5.84. The van der Waals surface area contributed by atoms with Gasteiger partial charge in [0.2, 0.25) is 5.91 Å². The van der Waals surface area contributed by atoms with E-state index in [4.69, 9.17) is 5.26 Å². The molecule has 4 heteroatoms. The molecular weight excluding hydrogens is 214 g/mol. The van der Waals surface area contributed by atoms with Crippen molar-refractivity contribution in [1.29, 1.82) is 5.26 Å². The summed E-state index contributed by atoms with van der Waals surface area (Å²) >= 11 is 0. The largest absolute Gasteiger partial charge is 0.374 e. The Labute approximate surface area is 102 Å². The molecule has 1 aromatic rings. The van der Waals surface area contributed by atoms with E-state index in [9.17, 15) is 4.79 Å². The van der Waals surface area contributed by atoms with E-state index in [1.165, 1.54) is 0 Å². The smallest absolute Gasteiger partial charge is 0.242 e. The van der Waals surface area contributed by atoms with E-state index in [1.807, 2.05) is 13.0 Å². The first-order chi connectivity index (χ1) is 8.17. The Kier molecular flexibility index (Phi) is 5.02. The molecule has 0 aromatic heterocycles. The number of hydrogen-bond donors (Lipinski definition) is 2. The van der Waals surface area contributed by atoms with Crippen molar-refractivity contribution in [1.82, 2.24) is 5.32 Å². The van der Waals surface area contributed by atoms with Gasteiger partial charge in [-0.2, -0.15) is 5.26 Å². The summed E-state index contributed by atoms with van der Waals surface area (Å²) in [5.74, 6) is -0.0331. The number of hydrogen-bond acceptors (Lipinski definition) is 3. The summed E-state index contributed by atoms with van der Waals surface area (Å²) < 4.78 is 0. The summed E-state index contributed by atoms with van der Waals surface area (Å²) in [4.78, 5) is 11.6. The average molecular weight is 231 g/mol. The fourth-order valence-corrected chi connectivity index (χ4v) is 1.40. The van der Waals surface area contributed by atoms with Gasteiger partial charge in [-0.25, -0.2) is 0 Å². The lowest BCUT2D eigenvalue weighted by atomic mass is 10.2. The van der Waals surface area contributed by atoms with Crippen LogP contribution in [-0.2, 0) is 4.79 Å². The Morgan fingerprint density at radius 1 is 1.53 bits per heavy atom. The van der Waals surface area contributed by atoms with Gasteiger partial charge in [-0.15, -0.1) is 0 Å². The maximum absolute atomic E-state index is 11.6. The summed E-state index contributed by atoms with van der Waals surface area (Å²) in [5, 5.41) is 14.6. The molecular formula is C13H17N3O. The summed E-state index contributed by atoms with van der Waals surface area (Å²) in [6, 6.07) is 8.84. The monoisotopic (exact) mass is 231 g/mol. The number of nitrogens with one attached hydrogen (secondary N) is 2. The summed E-state index contributed by atoms with van der Waals surface area (Å²) in [7, 11) is 0. The number of benzene rings is 1. The van der Waals surface area contributed by atoms with Crippen molar-refractivity contribution in [3.63, 3.8) is 0 Å². The highest BCUT2D eigenvalue weighted by Crippen LogP contribution is 2.10. The SMILES string of the molecule is CCCNC(=O)C(C)Nc1cccc(C#N)c1. The first-order valence-electron chi connectivity index (χ1n) is 5.71. The quantitative estimate of drug-likeness (QED) is 0.813. The minimum absolute atomic E-state index is 0.0331. The van der Waals surface area contributed by atoms with Crippen molar-refractivity contribution in [2.45, 2.75) is 26.3 Å². The lowest BCUT2D eigenvalue weighted by molar-refractivity contribution is -0.121. The maximum Gasteiger partial charge on any atom is 0.242 e. The van der Waals surface area contributed by atoms with E-state index >= 15 is 0 Å². The lowest BCUT2D eigenvalue weighted by Crippen LogP contribution is -2.37. The molecule has 1 atom stereocenters. The van der Waals surface area contributed by atoms with Crippen LogP contribution in [0.4, 0.5) is 5.69 Å². The van der Waals surface area contributed by atoms with Crippen LogP contribution in [-0.4, -0.2) is 18.5 Å². The molecule has 1 unspecified atom stereocenters. The van der Waals surface area contributed by atoms with Crippen molar-refractivity contribution in [3.8, 4) is 6.07 Å². The highest BCUT2D eigenvalue weighted by atomic mass is 16.2. The number of carbonyl (C=O) groups is 1. The van der Waals surface area contributed by atoms with Crippen molar-refractivity contribution in [2.75, 3.05) is 11.9 Å². The molecule has 4 nitrogen and oxygen atoms in total. The van der Waals surface area contributed by atoms with E-state index in [-0.39, 0.29) is 11.9 Å². The van der Waals surface area contributed by atoms with Crippen LogP contribution in [0.3, 0.4) is 0 Å². The lowest BCUT2D eigenvalue weighted by Gasteiger charge is -2.15. The molecule has 17 heavy (non-hydrogen) atoms. The topological polar surface area (TPSA) is 64.9 Å². The number of carbonyl (C=O) groups excluding carboxylic acids is 1. The molecule has 0 bridgehead atoms. The summed E-state index contributed by atoms with van der Waals surface area (Å²) in [5.41, 5.74) is 1.36. The zero-order valence-electron chi connectivity index (χ0n) is 10.2. The predicted molar refractivity (Wildman–Crippen MR) is 67.5 cm³/mol. The standard InChI is InChI=1S/C13H17N3O/c1-3-7-15-13(17)10(2)16-12-6-4-5-11(8-12)9-14/h4-6,8,10,16H,3,7H2,1-2H3,(H,15,17). The number of rotatable bonds is 5. The molecule has 0 heterocycles. The second-order valence-electron chi connectivity index (χ2n) is 3.85. The van der Waals surface area contributed by atoms with Crippen LogP contribution in [0.15, 0.2) is 24.3 Å². The van der Waals surface area contributed by atoms with Crippen molar-refractivity contribution in [2.24, 2.45) is 0 Å².